The summed E-state index contributed by atoms with van der Waals surface area (Å²) in [7, 11) is 0. The van der Waals surface area contributed by atoms with Gasteiger partial charge in [0.15, 0.2) is 0 Å². The first-order chi connectivity index (χ1) is 5.24. The van der Waals surface area contributed by atoms with Crippen molar-refractivity contribution in [2.24, 2.45) is 0 Å². The normalized spacial score (nSPS) is 30.4. The number of carbonyl (C=O) groups is 1. The van der Waals surface area contributed by atoms with Gasteiger partial charge in [-0.2, -0.15) is 12.6 Å². The Hall–Kier alpha value is -0.220. The quantitative estimate of drug-likeness (QED) is 0.475. The van der Waals surface area contributed by atoms with Crippen LogP contribution in [-0.2, 0) is 9.53 Å². The highest BCUT2D eigenvalue weighted by molar-refractivity contribution is 7.80. The molecule has 0 aromatic rings. The maximum atomic E-state index is 11.1. The van der Waals surface area contributed by atoms with Gasteiger partial charge in [0, 0.05) is 0 Å². The van der Waals surface area contributed by atoms with Gasteiger partial charge in [-0.05, 0) is 19.8 Å². The van der Waals surface area contributed by atoms with Crippen LogP contribution < -0.4 is 5.32 Å². The van der Waals surface area contributed by atoms with Crippen molar-refractivity contribution in [1.82, 2.24) is 5.32 Å². The molecule has 1 heterocycles. The number of esters is 1. The monoisotopic (exact) mass is 175 g/mol. The van der Waals surface area contributed by atoms with Crippen LogP contribution >= 0.6 is 12.6 Å². The summed E-state index contributed by atoms with van der Waals surface area (Å²) in [5.41, 5.74) is 0. The van der Waals surface area contributed by atoms with E-state index >= 15 is 0 Å². The minimum Gasteiger partial charge on any atom is -0.465 e. The number of nitrogens with one attached hydrogen (secondary N) is 1. The Labute approximate surface area is 71.9 Å². The van der Waals surface area contributed by atoms with E-state index in [2.05, 4.69) is 17.9 Å². The zero-order valence-corrected chi connectivity index (χ0v) is 7.43. The van der Waals surface area contributed by atoms with E-state index in [1.807, 2.05) is 6.92 Å². The van der Waals surface area contributed by atoms with E-state index in [1.165, 1.54) is 0 Å². The molecule has 64 valence electrons. The van der Waals surface area contributed by atoms with Crippen LogP contribution in [-0.4, -0.2) is 24.0 Å². The third kappa shape index (κ3) is 2.38. The molecule has 1 rings (SSSR count). The molecular formula is C7H13NO2S. The van der Waals surface area contributed by atoms with Crippen LogP contribution in [0.1, 0.15) is 19.8 Å². The third-order valence-electron chi connectivity index (χ3n) is 1.69. The smallest absolute Gasteiger partial charge is 0.323 e. The van der Waals surface area contributed by atoms with Gasteiger partial charge in [-0.15, -0.1) is 0 Å². The average Bonchev–Trinajstić information content (AvgIpc) is 2.36. The Morgan fingerprint density at radius 2 is 2.45 bits per heavy atom. The van der Waals surface area contributed by atoms with E-state index in [9.17, 15) is 4.79 Å². The molecule has 0 amide bonds. The number of hydrogen-bond donors (Lipinski definition) is 2. The SMILES string of the molecule is CCOC(=O)C1CC[C@H](S)N1. The van der Waals surface area contributed by atoms with E-state index in [0.717, 1.165) is 12.8 Å². The van der Waals surface area contributed by atoms with Crippen molar-refractivity contribution in [1.29, 1.82) is 0 Å². The summed E-state index contributed by atoms with van der Waals surface area (Å²) >= 11 is 4.20. The van der Waals surface area contributed by atoms with Gasteiger partial charge in [-0.25, -0.2) is 0 Å². The van der Waals surface area contributed by atoms with Gasteiger partial charge < -0.3 is 4.74 Å². The number of hydrogen-bond acceptors (Lipinski definition) is 4. The van der Waals surface area contributed by atoms with Crippen LogP contribution in [0.5, 0.6) is 0 Å². The largest absolute Gasteiger partial charge is 0.465 e. The van der Waals surface area contributed by atoms with E-state index in [-0.39, 0.29) is 17.4 Å². The summed E-state index contributed by atoms with van der Waals surface area (Å²) in [6.45, 7) is 2.26. The first-order valence-corrected chi connectivity index (χ1v) is 4.36. The number of ether oxygens (including phenoxy) is 1. The number of carbonyl (C=O) groups excluding carboxylic acids is 1. The van der Waals surface area contributed by atoms with E-state index in [4.69, 9.17) is 4.74 Å². The van der Waals surface area contributed by atoms with Crippen molar-refractivity contribution in [2.75, 3.05) is 6.61 Å². The summed E-state index contributed by atoms with van der Waals surface area (Å²) in [5, 5.41) is 3.18. The zero-order valence-electron chi connectivity index (χ0n) is 6.54. The highest BCUT2D eigenvalue weighted by Crippen LogP contribution is 2.15. The van der Waals surface area contributed by atoms with Gasteiger partial charge in [0.25, 0.3) is 0 Å². The Morgan fingerprint density at radius 1 is 1.73 bits per heavy atom. The van der Waals surface area contributed by atoms with Gasteiger partial charge in [-0.1, -0.05) is 0 Å². The van der Waals surface area contributed by atoms with Gasteiger partial charge in [0.2, 0.25) is 0 Å². The van der Waals surface area contributed by atoms with Crippen molar-refractivity contribution in [3.63, 3.8) is 0 Å². The highest BCUT2D eigenvalue weighted by Gasteiger charge is 2.27. The highest BCUT2D eigenvalue weighted by atomic mass is 32.1. The van der Waals surface area contributed by atoms with Crippen LogP contribution in [0.3, 0.4) is 0 Å². The molecule has 1 aliphatic rings. The van der Waals surface area contributed by atoms with Crippen molar-refractivity contribution in [3.05, 3.63) is 0 Å². The maximum Gasteiger partial charge on any atom is 0.323 e. The maximum absolute atomic E-state index is 11.1. The van der Waals surface area contributed by atoms with Gasteiger partial charge in [-0.3, -0.25) is 10.1 Å². The zero-order chi connectivity index (χ0) is 8.27. The van der Waals surface area contributed by atoms with Crippen LogP contribution in [0.15, 0.2) is 0 Å². The minimum atomic E-state index is -0.149. The molecule has 0 saturated carbocycles. The molecule has 1 aliphatic heterocycles. The second kappa shape index (κ2) is 3.97. The molecular weight excluding hydrogens is 162 g/mol. The molecule has 0 aromatic carbocycles. The summed E-state index contributed by atoms with van der Waals surface area (Å²) in [6, 6.07) is -0.127. The van der Waals surface area contributed by atoms with Crippen molar-refractivity contribution < 1.29 is 9.53 Å². The lowest BCUT2D eigenvalue weighted by Crippen LogP contribution is -2.34. The van der Waals surface area contributed by atoms with Crippen molar-refractivity contribution >= 4 is 18.6 Å². The number of thiol groups is 1. The molecule has 1 N–H and O–H groups in total. The Morgan fingerprint density at radius 3 is 2.91 bits per heavy atom. The van der Waals surface area contributed by atoms with Crippen LogP contribution in [0, 0.1) is 0 Å². The Balaban J connectivity index is 2.31. The average molecular weight is 175 g/mol. The fraction of sp³-hybridized carbons (Fsp3) is 0.857. The summed E-state index contributed by atoms with van der Waals surface area (Å²) < 4.78 is 4.84. The molecule has 0 bridgehead atoms. The lowest BCUT2D eigenvalue weighted by molar-refractivity contribution is -0.145. The predicted octanol–water partition coefficient (Wildman–Crippen LogP) is 0.557. The van der Waals surface area contributed by atoms with Gasteiger partial charge in [0.1, 0.15) is 6.04 Å². The van der Waals surface area contributed by atoms with E-state index < -0.39 is 0 Å². The van der Waals surface area contributed by atoms with Crippen molar-refractivity contribution in [3.8, 4) is 0 Å². The molecule has 1 unspecified atom stereocenters. The summed E-state index contributed by atoms with van der Waals surface area (Å²) in [5.74, 6) is -0.149. The van der Waals surface area contributed by atoms with Crippen molar-refractivity contribution in [2.45, 2.75) is 31.2 Å². The molecule has 0 spiro atoms. The lowest BCUT2D eigenvalue weighted by atomic mass is 10.2. The third-order valence-corrected chi connectivity index (χ3v) is 2.10. The predicted molar refractivity (Wildman–Crippen MR) is 45.6 cm³/mol. The Kier molecular flexibility index (Phi) is 3.20. The second-order valence-corrected chi connectivity index (χ2v) is 3.19. The van der Waals surface area contributed by atoms with Crippen LogP contribution in [0.4, 0.5) is 0 Å². The molecule has 1 saturated heterocycles. The fourth-order valence-electron chi connectivity index (χ4n) is 1.15. The molecule has 0 radical (unpaired) electrons. The molecule has 2 atom stereocenters. The molecule has 0 aliphatic carbocycles. The summed E-state index contributed by atoms with van der Waals surface area (Å²) in [6.07, 6.45) is 1.78. The van der Waals surface area contributed by atoms with E-state index in [1.54, 1.807) is 0 Å². The molecule has 0 aromatic heterocycles. The lowest BCUT2D eigenvalue weighted by Gasteiger charge is -2.09. The van der Waals surface area contributed by atoms with Gasteiger partial charge >= 0.3 is 5.97 Å². The molecule has 11 heavy (non-hydrogen) atoms. The summed E-state index contributed by atoms with van der Waals surface area (Å²) in [4.78, 5) is 11.1. The van der Waals surface area contributed by atoms with Crippen LogP contribution in [0.2, 0.25) is 0 Å². The van der Waals surface area contributed by atoms with Gasteiger partial charge in [0.05, 0.1) is 12.0 Å². The minimum absolute atomic E-state index is 0.127. The first-order valence-electron chi connectivity index (χ1n) is 3.84. The molecule has 1 fully saturated rings. The standard InChI is InChI=1S/C7H13NO2S/c1-2-10-7(9)5-3-4-6(11)8-5/h5-6,8,11H,2-4H2,1H3/t5?,6-/m0/s1. The molecule has 3 nitrogen and oxygen atoms in total. The first kappa shape index (κ1) is 8.87. The molecule has 4 heteroatoms. The second-order valence-electron chi connectivity index (χ2n) is 2.56. The fourth-order valence-corrected chi connectivity index (χ4v) is 1.48. The van der Waals surface area contributed by atoms with Crippen LogP contribution in [0.25, 0.3) is 0 Å². The topological polar surface area (TPSA) is 38.3 Å². The Bertz CT molecular complexity index is 151. The van der Waals surface area contributed by atoms with E-state index in [0.29, 0.717) is 6.61 Å². The number of rotatable bonds is 2.